The normalized spacial score (nSPS) is 11.9. The fourth-order valence-electron chi connectivity index (χ4n) is 2.43. The largest absolute Gasteiger partial charge is 0.493 e. The molecule has 1 atom stereocenters. The molecule has 0 aliphatic rings. The number of carboxylic acid groups (broad SMARTS) is 2. The standard InChI is InChI=1S/C16H18N2O8/c19-7-8-26-10-3-1-9(2-4-10)13-14(22)18(16(25)17-13)11(15(23)24)5-6-12(20)21/h1-4,11,19,22H,5-8H2,(H,17,25)(H,20,21)(H,23,24)/t11-/m0/s1. The third-order valence-electron chi connectivity index (χ3n) is 3.63. The average Bonchev–Trinajstić information content (AvgIpc) is 2.88. The van der Waals surface area contributed by atoms with E-state index in [9.17, 15) is 24.6 Å². The first kappa shape index (κ1) is 19.1. The highest BCUT2D eigenvalue weighted by Crippen LogP contribution is 2.30. The molecule has 0 aliphatic heterocycles. The second kappa shape index (κ2) is 8.21. The Balaban J connectivity index is 2.35. The molecular formula is C16H18N2O8. The van der Waals surface area contributed by atoms with Crippen molar-refractivity contribution in [2.75, 3.05) is 13.2 Å². The van der Waals surface area contributed by atoms with Crippen molar-refractivity contribution >= 4 is 11.9 Å². The van der Waals surface area contributed by atoms with Gasteiger partial charge in [0.15, 0.2) is 0 Å². The minimum atomic E-state index is -1.52. The van der Waals surface area contributed by atoms with Gasteiger partial charge >= 0.3 is 17.6 Å². The van der Waals surface area contributed by atoms with Crippen molar-refractivity contribution in [1.82, 2.24) is 9.55 Å². The molecule has 0 saturated carbocycles. The summed E-state index contributed by atoms with van der Waals surface area (Å²) in [5.74, 6) is -2.77. The van der Waals surface area contributed by atoms with Gasteiger partial charge < -0.3 is 30.1 Å². The summed E-state index contributed by atoms with van der Waals surface area (Å²) in [6.45, 7) is -0.0344. The van der Waals surface area contributed by atoms with E-state index in [1.165, 1.54) is 12.1 Å². The number of benzene rings is 1. The number of nitrogens with one attached hydrogen (secondary N) is 1. The Morgan fingerprint density at radius 3 is 2.38 bits per heavy atom. The number of aliphatic hydroxyl groups is 1. The lowest BCUT2D eigenvalue weighted by Gasteiger charge is -2.13. The molecule has 26 heavy (non-hydrogen) atoms. The highest BCUT2D eigenvalue weighted by Gasteiger charge is 2.27. The lowest BCUT2D eigenvalue weighted by Crippen LogP contribution is -2.28. The average molecular weight is 366 g/mol. The number of aromatic nitrogens is 2. The molecule has 0 amide bonds. The van der Waals surface area contributed by atoms with E-state index in [4.69, 9.17) is 14.9 Å². The number of carboxylic acids is 2. The lowest BCUT2D eigenvalue weighted by atomic mass is 10.1. The second-order valence-electron chi connectivity index (χ2n) is 5.38. The van der Waals surface area contributed by atoms with Crippen LogP contribution < -0.4 is 10.4 Å². The SMILES string of the molecule is O=C(O)CC[C@@H](C(=O)O)n1c(O)c(-c2ccc(OCCO)cc2)[nH]c1=O. The van der Waals surface area contributed by atoms with Crippen molar-refractivity contribution in [3.63, 3.8) is 0 Å². The van der Waals surface area contributed by atoms with Gasteiger partial charge in [-0.25, -0.2) is 14.2 Å². The molecule has 10 heteroatoms. The molecule has 2 rings (SSSR count). The maximum Gasteiger partial charge on any atom is 0.329 e. The minimum Gasteiger partial charge on any atom is -0.493 e. The van der Waals surface area contributed by atoms with Crippen LogP contribution >= 0.6 is 0 Å². The van der Waals surface area contributed by atoms with E-state index in [1.807, 2.05) is 0 Å². The molecule has 10 nitrogen and oxygen atoms in total. The van der Waals surface area contributed by atoms with Crippen molar-refractivity contribution in [1.29, 1.82) is 0 Å². The predicted molar refractivity (Wildman–Crippen MR) is 88.3 cm³/mol. The van der Waals surface area contributed by atoms with Crippen LogP contribution in [0.25, 0.3) is 11.3 Å². The summed E-state index contributed by atoms with van der Waals surface area (Å²) in [7, 11) is 0. The molecule has 0 spiro atoms. The van der Waals surface area contributed by atoms with Gasteiger partial charge in [0.25, 0.3) is 0 Å². The molecule has 0 aliphatic carbocycles. The number of H-pyrrole nitrogens is 1. The van der Waals surface area contributed by atoms with Gasteiger partial charge in [0.1, 0.15) is 24.1 Å². The molecule has 2 aromatic rings. The number of aliphatic carboxylic acids is 2. The Bertz CT molecular complexity index is 837. The van der Waals surface area contributed by atoms with Gasteiger partial charge in [-0.15, -0.1) is 0 Å². The van der Waals surface area contributed by atoms with Crippen LogP contribution in [0.15, 0.2) is 29.1 Å². The Hall–Kier alpha value is -3.27. The Morgan fingerprint density at radius 1 is 1.19 bits per heavy atom. The van der Waals surface area contributed by atoms with Gasteiger partial charge in [0, 0.05) is 12.0 Å². The van der Waals surface area contributed by atoms with Gasteiger partial charge in [0.05, 0.1) is 6.61 Å². The summed E-state index contributed by atoms with van der Waals surface area (Å²) in [6.07, 6.45) is -0.830. The Labute approximate surface area is 146 Å². The number of aromatic hydroxyl groups is 1. The number of ether oxygens (including phenoxy) is 1. The van der Waals surface area contributed by atoms with E-state index < -0.39 is 36.0 Å². The van der Waals surface area contributed by atoms with Gasteiger partial charge in [-0.05, 0) is 30.7 Å². The van der Waals surface area contributed by atoms with Crippen molar-refractivity contribution in [3.8, 4) is 22.9 Å². The fourth-order valence-corrected chi connectivity index (χ4v) is 2.43. The maximum absolute atomic E-state index is 12.1. The van der Waals surface area contributed by atoms with Gasteiger partial charge in [-0.3, -0.25) is 4.79 Å². The summed E-state index contributed by atoms with van der Waals surface area (Å²) >= 11 is 0. The number of carbonyl (C=O) groups is 2. The van der Waals surface area contributed by atoms with E-state index in [1.54, 1.807) is 12.1 Å². The van der Waals surface area contributed by atoms with Gasteiger partial charge in [-0.2, -0.15) is 0 Å². The molecule has 1 aromatic carbocycles. The van der Waals surface area contributed by atoms with Crippen LogP contribution in [0.2, 0.25) is 0 Å². The minimum absolute atomic E-state index is 0.00489. The molecule has 0 unspecified atom stereocenters. The molecule has 0 bridgehead atoms. The van der Waals surface area contributed by atoms with Crippen LogP contribution in [0.4, 0.5) is 0 Å². The number of nitrogens with zero attached hydrogens (tertiary/aromatic N) is 1. The number of aliphatic hydroxyl groups excluding tert-OH is 1. The summed E-state index contributed by atoms with van der Waals surface area (Å²) < 4.78 is 5.83. The number of rotatable bonds is 9. The molecule has 1 aromatic heterocycles. The Morgan fingerprint density at radius 2 is 1.85 bits per heavy atom. The summed E-state index contributed by atoms with van der Waals surface area (Å²) in [5.41, 5.74) is -0.460. The second-order valence-corrected chi connectivity index (χ2v) is 5.38. The summed E-state index contributed by atoms with van der Waals surface area (Å²) in [4.78, 5) is 36.6. The topological polar surface area (TPSA) is 162 Å². The van der Waals surface area contributed by atoms with E-state index in [0.29, 0.717) is 15.9 Å². The smallest absolute Gasteiger partial charge is 0.329 e. The third-order valence-corrected chi connectivity index (χ3v) is 3.63. The zero-order chi connectivity index (χ0) is 19.3. The van der Waals surface area contributed by atoms with Gasteiger partial charge in [0.2, 0.25) is 5.88 Å². The lowest BCUT2D eigenvalue weighted by molar-refractivity contribution is -0.142. The van der Waals surface area contributed by atoms with Crippen molar-refractivity contribution in [3.05, 3.63) is 34.7 Å². The van der Waals surface area contributed by atoms with E-state index >= 15 is 0 Å². The fraction of sp³-hybridized carbons (Fsp3) is 0.312. The number of hydrogen-bond acceptors (Lipinski definition) is 6. The maximum atomic E-state index is 12.1. The summed E-state index contributed by atoms with van der Waals surface area (Å²) in [6, 6.07) is 4.67. The molecular weight excluding hydrogens is 348 g/mol. The third kappa shape index (κ3) is 4.22. The first-order chi connectivity index (χ1) is 12.3. The molecule has 5 N–H and O–H groups in total. The van der Waals surface area contributed by atoms with Gasteiger partial charge in [-0.1, -0.05) is 0 Å². The van der Waals surface area contributed by atoms with Crippen LogP contribution in [0.1, 0.15) is 18.9 Å². The highest BCUT2D eigenvalue weighted by atomic mass is 16.5. The molecule has 1 heterocycles. The quantitative estimate of drug-likeness (QED) is 0.426. The molecule has 140 valence electrons. The number of aromatic amines is 1. The molecule has 0 radical (unpaired) electrons. The van der Waals surface area contributed by atoms with E-state index in [-0.39, 0.29) is 25.3 Å². The zero-order valence-corrected chi connectivity index (χ0v) is 13.6. The van der Waals surface area contributed by atoms with Crippen molar-refractivity contribution in [2.24, 2.45) is 0 Å². The van der Waals surface area contributed by atoms with Crippen LogP contribution in [-0.2, 0) is 9.59 Å². The van der Waals surface area contributed by atoms with Crippen LogP contribution in [0.5, 0.6) is 11.6 Å². The van der Waals surface area contributed by atoms with Crippen LogP contribution in [-0.4, -0.2) is 55.1 Å². The van der Waals surface area contributed by atoms with Crippen LogP contribution in [0, 0.1) is 0 Å². The molecule has 0 fully saturated rings. The highest BCUT2D eigenvalue weighted by molar-refractivity contribution is 5.75. The van der Waals surface area contributed by atoms with Crippen molar-refractivity contribution < 1.29 is 34.8 Å². The van der Waals surface area contributed by atoms with Crippen LogP contribution in [0.3, 0.4) is 0 Å². The number of imidazole rings is 1. The zero-order valence-electron chi connectivity index (χ0n) is 13.6. The molecule has 0 saturated heterocycles. The van der Waals surface area contributed by atoms with E-state index in [2.05, 4.69) is 4.98 Å². The first-order valence-electron chi connectivity index (χ1n) is 7.67. The van der Waals surface area contributed by atoms with E-state index in [0.717, 1.165) is 0 Å². The Kier molecular flexibility index (Phi) is 6.02. The number of hydrogen-bond donors (Lipinski definition) is 5. The summed E-state index contributed by atoms with van der Waals surface area (Å²) in [5, 5.41) is 37.0. The first-order valence-corrected chi connectivity index (χ1v) is 7.67. The predicted octanol–water partition coefficient (Wildman–Crippen LogP) is 0.411. The monoisotopic (exact) mass is 366 g/mol. The van der Waals surface area contributed by atoms with Crippen molar-refractivity contribution in [2.45, 2.75) is 18.9 Å².